The lowest BCUT2D eigenvalue weighted by Gasteiger charge is -2.28. The fraction of sp³-hybridized carbons (Fsp3) is 0.588. The number of H-pyrrole nitrogens is 1. The normalized spacial score (nSPS) is 18.6. The Morgan fingerprint density at radius 2 is 2.12 bits per heavy atom. The van der Waals surface area contributed by atoms with Crippen LogP contribution < -0.4 is 0 Å². The molecule has 0 aliphatic carbocycles. The maximum Gasteiger partial charge on any atom is 0.357 e. The monoisotopic (exact) mass is 353 g/mol. The zero-order valence-electron chi connectivity index (χ0n) is 14.3. The van der Waals surface area contributed by atoms with Crippen LogP contribution in [0.5, 0.6) is 0 Å². The minimum atomic E-state index is -1.47. The number of carbonyl (C=O) groups excluding carboxylic acids is 1. The number of aromatic amines is 1. The molecule has 1 aliphatic heterocycles. The first-order valence-corrected chi connectivity index (χ1v) is 8.37. The van der Waals surface area contributed by atoms with Gasteiger partial charge in [0.1, 0.15) is 5.69 Å². The molecule has 3 rings (SSSR count). The topological polar surface area (TPSA) is 103 Å². The van der Waals surface area contributed by atoms with Gasteiger partial charge in [-0.05, 0) is 12.8 Å². The number of aliphatic hydroxyl groups excluding tert-OH is 1. The number of aliphatic hydroxyl groups is 1. The third-order valence-electron chi connectivity index (χ3n) is 3.96. The molecule has 2 N–H and O–H groups in total. The molecule has 2 unspecified atom stereocenters. The van der Waals surface area contributed by atoms with Gasteiger partial charge in [0, 0.05) is 31.3 Å². The van der Waals surface area contributed by atoms with E-state index in [1.54, 1.807) is 12.1 Å². The van der Waals surface area contributed by atoms with Gasteiger partial charge in [0.05, 0.1) is 17.9 Å². The number of esters is 1. The summed E-state index contributed by atoms with van der Waals surface area (Å²) in [4.78, 5) is 15.2. The molecule has 1 saturated heterocycles. The Morgan fingerprint density at radius 3 is 2.80 bits per heavy atom. The molecule has 1 fully saturated rings. The maximum absolute atomic E-state index is 12.3. The lowest BCUT2D eigenvalue weighted by atomic mass is 10.2. The number of nitrogens with one attached hydrogen (secondary N) is 1. The van der Waals surface area contributed by atoms with Crippen LogP contribution in [0.3, 0.4) is 0 Å². The van der Waals surface area contributed by atoms with Crippen molar-refractivity contribution in [3.8, 4) is 0 Å². The SMILES string of the molecule is CC(C)C(OC(=O)c1cc2occc2[nH]1)OC(O)OC1CCOCC1. The summed E-state index contributed by atoms with van der Waals surface area (Å²) in [5.74, 6) is -0.766. The predicted octanol–water partition coefficient (Wildman–Crippen LogP) is 2.39. The van der Waals surface area contributed by atoms with Crippen molar-refractivity contribution in [3.05, 3.63) is 24.1 Å². The van der Waals surface area contributed by atoms with Crippen LogP contribution in [0, 0.1) is 5.92 Å². The maximum atomic E-state index is 12.3. The molecule has 0 spiro atoms. The van der Waals surface area contributed by atoms with Crippen LogP contribution in [-0.2, 0) is 18.9 Å². The van der Waals surface area contributed by atoms with Gasteiger partial charge in [-0.2, -0.15) is 0 Å². The largest absolute Gasteiger partial charge is 0.463 e. The van der Waals surface area contributed by atoms with E-state index in [4.69, 9.17) is 23.4 Å². The van der Waals surface area contributed by atoms with E-state index in [9.17, 15) is 9.90 Å². The third kappa shape index (κ3) is 4.60. The molecule has 2 aromatic heterocycles. The van der Waals surface area contributed by atoms with E-state index in [0.717, 1.165) is 0 Å². The molecule has 0 aromatic carbocycles. The van der Waals surface area contributed by atoms with Crippen molar-refractivity contribution in [2.75, 3.05) is 13.2 Å². The number of aromatic nitrogens is 1. The van der Waals surface area contributed by atoms with Crippen LogP contribution in [0.1, 0.15) is 37.2 Å². The van der Waals surface area contributed by atoms with Crippen molar-refractivity contribution in [1.82, 2.24) is 4.98 Å². The Bertz CT molecular complexity index is 658. The van der Waals surface area contributed by atoms with Gasteiger partial charge < -0.3 is 28.7 Å². The molecular weight excluding hydrogens is 330 g/mol. The molecule has 8 heteroatoms. The van der Waals surface area contributed by atoms with Gasteiger partial charge in [0.25, 0.3) is 6.48 Å². The summed E-state index contributed by atoms with van der Waals surface area (Å²) in [6.07, 6.45) is 1.82. The van der Waals surface area contributed by atoms with Crippen LogP contribution in [0.2, 0.25) is 0 Å². The number of ether oxygens (including phenoxy) is 4. The van der Waals surface area contributed by atoms with Gasteiger partial charge >= 0.3 is 5.97 Å². The van der Waals surface area contributed by atoms with Crippen molar-refractivity contribution < 1.29 is 33.3 Å². The Labute approximate surface area is 145 Å². The highest BCUT2D eigenvalue weighted by molar-refractivity contribution is 5.93. The molecule has 1 aliphatic rings. The van der Waals surface area contributed by atoms with Crippen LogP contribution in [0.4, 0.5) is 0 Å². The summed E-state index contributed by atoms with van der Waals surface area (Å²) in [6.45, 7) is 3.35. The van der Waals surface area contributed by atoms with Crippen molar-refractivity contribution in [3.63, 3.8) is 0 Å². The summed E-state index contributed by atoms with van der Waals surface area (Å²) in [5.41, 5.74) is 1.53. The van der Waals surface area contributed by atoms with Crippen molar-refractivity contribution in [2.24, 2.45) is 5.92 Å². The van der Waals surface area contributed by atoms with Gasteiger partial charge in [0.2, 0.25) is 6.29 Å². The lowest BCUT2D eigenvalue weighted by Crippen LogP contribution is -2.36. The molecule has 138 valence electrons. The van der Waals surface area contributed by atoms with E-state index < -0.39 is 18.7 Å². The van der Waals surface area contributed by atoms with Gasteiger partial charge in [0.15, 0.2) is 5.58 Å². The number of furan rings is 1. The smallest absolute Gasteiger partial charge is 0.357 e. The van der Waals surface area contributed by atoms with Crippen LogP contribution in [0.25, 0.3) is 11.1 Å². The molecule has 2 aromatic rings. The Kier molecular flexibility index (Phi) is 5.74. The first kappa shape index (κ1) is 17.9. The molecule has 0 saturated carbocycles. The van der Waals surface area contributed by atoms with Crippen LogP contribution in [0.15, 0.2) is 22.8 Å². The van der Waals surface area contributed by atoms with E-state index in [0.29, 0.717) is 37.2 Å². The first-order valence-electron chi connectivity index (χ1n) is 8.37. The Morgan fingerprint density at radius 1 is 1.36 bits per heavy atom. The van der Waals surface area contributed by atoms with E-state index >= 15 is 0 Å². The minimum Gasteiger partial charge on any atom is -0.463 e. The zero-order chi connectivity index (χ0) is 17.8. The van der Waals surface area contributed by atoms with Crippen molar-refractivity contribution in [2.45, 2.75) is 45.6 Å². The summed E-state index contributed by atoms with van der Waals surface area (Å²) in [5, 5.41) is 9.99. The molecule has 2 atom stereocenters. The third-order valence-corrected chi connectivity index (χ3v) is 3.96. The highest BCUT2D eigenvalue weighted by Crippen LogP contribution is 2.20. The number of hydrogen-bond acceptors (Lipinski definition) is 7. The lowest BCUT2D eigenvalue weighted by molar-refractivity contribution is -0.338. The Hall–Kier alpha value is -1.87. The number of rotatable bonds is 7. The van der Waals surface area contributed by atoms with Crippen LogP contribution in [-0.4, -0.2) is 48.1 Å². The molecular formula is C17H23NO7. The number of fused-ring (bicyclic) bond motifs is 1. The number of hydrogen-bond donors (Lipinski definition) is 2. The van der Waals surface area contributed by atoms with Gasteiger partial charge in [-0.1, -0.05) is 13.8 Å². The summed E-state index contributed by atoms with van der Waals surface area (Å²) in [7, 11) is 0. The van der Waals surface area contributed by atoms with Gasteiger partial charge in [-0.15, -0.1) is 0 Å². The molecule has 0 amide bonds. The van der Waals surface area contributed by atoms with E-state index in [2.05, 4.69) is 4.98 Å². The van der Waals surface area contributed by atoms with Crippen molar-refractivity contribution in [1.29, 1.82) is 0 Å². The van der Waals surface area contributed by atoms with E-state index in [1.807, 2.05) is 13.8 Å². The molecule has 3 heterocycles. The fourth-order valence-electron chi connectivity index (χ4n) is 2.57. The fourth-order valence-corrected chi connectivity index (χ4v) is 2.57. The second-order valence-corrected chi connectivity index (χ2v) is 6.29. The average Bonchev–Trinajstić information content (AvgIpc) is 3.16. The summed E-state index contributed by atoms with van der Waals surface area (Å²) in [6, 6.07) is 3.28. The summed E-state index contributed by atoms with van der Waals surface area (Å²) >= 11 is 0. The van der Waals surface area contributed by atoms with Crippen molar-refractivity contribution >= 4 is 17.1 Å². The molecule has 0 bridgehead atoms. The molecule has 25 heavy (non-hydrogen) atoms. The van der Waals surface area contributed by atoms with E-state index in [-0.39, 0.29) is 17.7 Å². The summed E-state index contributed by atoms with van der Waals surface area (Å²) < 4.78 is 26.6. The predicted molar refractivity (Wildman–Crippen MR) is 86.6 cm³/mol. The first-order chi connectivity index (χ1) is 12.0. The Balaban J connectivity index is 1.56. The molecule has 0 radical (unpaired) electrons. The van der Waals surface area contributed by atoms with Gasteiger partial charge in [-0.3, -0.25) is 4.74 Å². The number of carbonyl (C=O) groups is 1. The minimum absolute atomic E-state index is 0.136. The highest BCUT2D eigenvalue weighted by atomic mass is 16.8. The van der Waals surface area contributed by atoms with Crippen LogP contribution >= 0.6 is 0 Å². The second-order valence-electron chi connectivity index (χ2n) is 6.29. The second kappa shape index (κ2) is 8.01. The van der Waals surface area contributed by atoms with E-state index in [1.165, 1.54) is 6.26 Å². The highest BCUT2D eigenvalue weighted by Gasteiger charge is 2.27. The standard InChI is InChI=1S/C17H23NO7/c1-10(2)16(25-17(20)23-11-3-6-21-7-4-11)24-15(19)13-9-14-12(18-13)5-8-22-14/h5,8-11,16-18,20H,3-4,6-7H2,1-2H3. The quantitative estimate of drug-likeness (QED) is 0.582. The van der Waals surface area contributed by atoms with Gasteiger partial charge in [-0.25, -0.2) is 4.79 Å². The zero-order valence-corrected chi connectivity index (χ0v) is 14.3. The average molecular weight is 353 g/mol. The molecule has 8 nitrogen and oxygen atoms in total.